The molecule has 0 spiro atoms. The summed E-state index contributed by atoms with van der Waals surface area (Å²) >= 11 is 0. The number of carbonyl (C=O) groups excluding carboxylic acids is 1. The fraction of sp³-hybridized carbons (Fsp3) is 0.833. The number of amides is 1. The molecule has 3 unspecified atom stereocenters. The number of thiol groups is 1. The molecule has 3 atom stereocenters. The van der Waals surface area contributed by atoms with Crippen LogP contribution in [0.25, 0.3) is 0 Å². The highest BCUT2D eigenvalue weighted by Gasteiger charge is 2.52. The highest BCUT2D eigenvalue weighted by atomic mass is 32.2. The Morgan fingerprint density at radius 3 is 2.64 bits per heavy atom. The second-order valence-electron chi connectivity index (χ2n) is 3.14. The van der Waals surface area contributed by atoms with Gasteiger partial charge in [-0.3, -0.25) is 13.8 Å². The maximum atomic E-state index is 10.7. The van der Waals surface area contributed by atoms with Crippen LogP contribution < -0.4 is 5.32 Å². The van der Waals surface area contributed by atoms with E-state index < -0.39 is 10.6 Å². The quantitative estimate of drug-likeness (QED) is 0.514. The Bertz CT molecular complexity index is 253. The average Bonchev–Trinajstić information content (AvgIpc) is 2.39. The van der Waals surface area contributed by atoms with E-state index in [1.807, 2.05) is 6.92 Å². The summed E-state index contributed by atoms with van der Waals surface area (Å²) < 4.78 is 17.6. The minimum Gasteiger partial charge on any atom is -0.350 e. The van der Waals surface area contributed by atoms with Crippen LogP contribution in [0.4, 0.5) is 0 Å². The Morgan fingerprint density at radius 1 is 1.82 bits per heavy atom. The van der Waals surface area contributed by atoms with E-state index in [0.717, 1.165) is 0 Å². The molecule has 0 aromatic heterocycles. The summed E-state index contributed by atoms with van der Waals surface area (Å²) in [4.78, 5) is 10.6. The standard InChI is InChI=1S/C6H12N2O2S/c1-4(9)8-6(2)3-5(6)11(7)10/h5,7,11H,3H2,1-2H3,(H,8,9). The molecule has 0 radical (unpaired) electrons. The molecule has 0 heterocycles. The molecule has 1 aliphatic carbocycles. The van der Waals surface area contributed by atoms with E-state index in [9.17, 15) is 9.00 Å². The number of hydrogen-bond acceptors (Lipinski definition) is 3. The molecule has 1 saturated carbocycles. The number of rotatable bonds is 2. The van der Waals surface area contributed by atoms with Crippen molar-refractivity contribution in [2.45, 2.75) is 31.1 Å². The molecule has 1 fully saturated rings. The van der Waals surface area contributed by atoms with E-state index in [4.69, 9.17) is 4.78 Å². The van der Waals surface area contributed by atoms with Gasteiger partial charge in [0.05, 0.1) is 10.8 Å². The molecule has 11 heavy (non-hydrogen) atoms. The molecular weight excluding hydrogens is 164 g/mol. The van der Waals surface area contributed by atoms with Crippen LogP contribution in [-0.2, 0) is 15.4 Å². The van der Waals surface area contributed by atoms with Crippen LogP contribution >= 0.6 is 0 Å². The maximum Gasteiger partial charge on any atom is 0.217 e. The third kappa shape index (κ3) is 1.71. The smallest absolute Gasteiger partial charge is 0.217 e. The molecule has 0 aromatic rings. The molecule has 1 rings (SSSR count). The summed E-state index contributed by atoms with van der Waals surface area (Å²) in [7, 11) is -1.88. The Balaban J connectivity index is 2.56. The van der Waals surface area contributed by atoms with Gasteiger partial charge in [0.15, 0.2) is 0 Å². The van der Waals surface area contributed by atoms with E-state index in [0.29, 0.717) is 6.42 Å². The normalized spacial score (nSPS) is 37.8. The third-order valence-corrected chi connectivity index (χ3v) is 3.26. The van der Waals surface area contributed by atoms with Crippen molar-refractivity contribution in [3.05, 3.63) is 0 Å². The first-order valence-corrected chi connectivity index (χ1v) is 4.75. The molecule has 5 heteroatoms. The molecule has 0 saturated heterocycles. The van der Waals surface area contributed by atoms with Crippen molar-refractivity contribution in [2.75, 3.05) is 0 Å². The number of carbonyl (C=O) groups is 1. The van der Waals surface area contributed by atoms with Crippen LogP contribution in [-0.4, -0.2) is 20.9 Å². The van der Waals surface area contributed by atoms with Crippen LogP contribution in [0, 0.1) is 4.78 Å². The van der Waals surface area contributed by atoms with Crippen LogP contribution in [0.1, 0.15) is 20.3 Å². The zero-order valence-corrected chi connectivity index (χ0v) is 7.44. The van der Waals surface area contributed by atoms with Gasteiger partial charge in [-0.2, -0.15) is 0 Å². The van der Waals surface area contributed by atoms with Gasteiger partial charge in [-0.05, 0) is 13.3 Å². The highest BCUT2D eigenvalue weighted by molar-refractivity contribution is 7.74. The lowest BCUT2D eigenvalue weighted by Crippen LogP contribution is -2.35. The van der Waals surface area contributed by atoms with Crippen molar-refractivity contribution in [2.24, 2.45) is 0 Å². The molecule has 4 nitrogen and oxygen atoms in total. The van der Waals surface area contributed by atoms with Gasteiger partial charge in [0.25, 0.3) is 0 Å². The molecule has 0 bridgehead atoms. The lowest BCUT2D eigenvalue weighted by Gasteiger charge is -2.09. The van der Waals surface area contributed by atoms with E-state index >= 15 is 0 Å². The minimum absolute atomic E-state index is 0.119. The predicted octanol–water partition coefficient (Wildman–Crippen LogP) is -0.103. The third-order valence-electron chi connectivity index (χ3n) is 1.94. The summed E-state index contributed by atoms with van der Waals surface area (Å²) in [6.45, 7) is 3.25. The fourth-order valence-corrected chi connectivity index (χ4v) is 2.35. The van der Waals surface area contributed by atoms with Crippen LogP contribution in [0.5, 0.6) is 0 Å². The topological polar surface area (TPSA) is 70.0 Å². The van der Waals surface area contributed by atoms with E-state index in [-0.39, 0.29) is 16.7 Å². The lowest BCUT2D eigenvalue weighted by molar-refractivity contribution is -0.119. The molecule has 1 amide bonds. The molecule has 0 aliphatic heterocycles. The minimum atomic E-state index is -1.88. The highest BCUT2D eigenvalue weighted by Crippen LogP contribution is 2.38. The summed E-state index contributed by atoms with van der Waals surface area (Å²) in [5, 5.41) is 2.54. The van der Waals surface area contributed by atoms with Crippen molar-refractivity contribution in [1.82, 2.24) is 5.32 Å². The first kappa shape index (κ1) is 8.52. The number of hydrogen-bond donors (Lipinski definition) is 3. The SMILES string of the molecule is CC(=O)NC1(C)CC1[SH](=N)=O. The second-order valence-corrected chi connectivity index (χ2v) is 4.42. The van der Waals surface area contributed by atoms with Crippen molar-refractivity contribution < 1.29 is 9.00 Å². The van der Waals surface area contributed by atoms with Crippen molar-refractivity contribution in [1.29, 1.82) is 4.78 Å². The first-order valence-electron chi connectivity index (χ1n) is 3.42. The molecule has 2 N–H and O–H groups in total. The fourth-order valence-electron chi connectivity index (χ4n) is 1.22. The van der Waals surface area contributed by atoms with Crippen LogP contribution in [0.2, 0.25) is 0 Å². The van der Waals surface area contributed by atoms with Crippen molar-refractivity contribution >= 4 is 16.5 Å². The van der Waals surface area contributed by atoms with Gasteiger partial charge < -0.3 is 5.32 Å². The summed E-state index contributed by atoms with van der Waals surface area (Å²) in [5.74, 6) is -0.119. The Hall–Kier alpha value is -0.580. The summed E-state index contributed by atoms with van der Waals surface area (Å²) in [5.41, 5.74) is -0.360. The lowest BCUT2D eigenvalue weighted by atomic mass is 10.3. The maximum absolute atomic E-state index is 10.7. The summed E-state index contributed by atoms with van der Waals surface area (Å²) in [6, 6.07) is 0. The van der Waals surface area contributed by atoms with Gasteiger partial charge in [0, 0.05) is 17.5 Å². The molecular formula is C6H12N2O2S. The van der Waals surface area contributed by atoms with E-state index in [1.54, 1.807) is 0 Å². The number of nitrogens with one attached hydrogen (secondary N) is 2. The Morgan fingerprint density at radius 2 is 2.36 bits per heavy atom. The van der Waals surface area contributed by atoms with Gasteiger partial charge >= 0.3 is 0 Å². The molecule has 0 aromatic carbocycles. The largest absolute Gasteiger partial charge is 0.350 e. The van der Waals surface area contributed by atoms with Gasteiger partial charge in [0.2, 0.25) is 5.91 Å². The van der Waals surface area contributed by atoms with Crippen LogP contribution in [0.15, 0.2) is 0 Å². The van der Waals surface area contributed by atoms with Gasteiger partial charge in [-0.15, -0.1) is 0 Å². The zero-order valence-electron chi connectivity index (χ0n) is 6.55. The molecule has 64 valence electrons. The first-order chi connectivity index (χ1) is 4.96. The Kier molecular flexibility index (Phi) is 1.92. The zero-order chi connectivity index (χ0) is 8.65. The summed E-state index contributed by atoms with van der Waals surface area (Å²) in [6.07, 6.45) is 0.672. The van der Waals surface area contributed by atoms with E-state index in [2.05, 4.69) is 5.32 Å². The Labute approximate surface area is 67.4 Å². The molecule has 1 aliphatic rings. The second kappa shape index (κ2) is 2.48. The van der Waals surface area contributed by atoms with Gasteiger partial charge in [0.1, 0.15) is 0 Å². The van der Waals surface area contributed by atoms with Crippen molar-refractivity contribution in [3.8, 4) is 0 Å². The van der Waals surface area contributed by atoms with Crippen molar-refractivity contribution in [3.63, 3.8) is 0 Å². The average molecular weight is 176 g/mol. The van der Waals surface area contributed by atoms with Gasteiger partial charge in [-0.1, -0.05) is 0 Å². The van der Waals surface area contributed by atoms with E-state index in [1.165, 1.54) is 6.92 Å². The predicted molar refractivity (Wildman–Crippen MR) is 42.9 cm³/mol. The van der Waals surface area contributed by atoms with Crippen LogP contribution in [0.3, 0.4) is 0 Å². The van der Waals surface area contributed by atoms with Gasteiger partial charge in [-0.25, -0.2) is 0 Å². The monoisotopic (exact) mass is 176 g/mol.